The van der Waals surface area contributed by atoms with Crippen LogP contribution in [0.4, 0.5) is 8.63 Å². The van der Waals surface area contributed by atoms with Crippen LogP contribution in [0.25, 0.3) is 5.76 Å². The van der Waals surface area contributed by atoms with Gasteiger partial charge in [0.15, 0.2) is 5.76 Å². The Bertz CT molecular complexity index is 706. The van der Waals surface area contributed by atoms with Gasteiger partial charge in [0.1, 0.15) is 11.4 Å². The highest BCUT2D eigenvalue weighted by Crippen LogP contribution is 2.27. The molecule has 3 nitrogen and oxygen atoms in total. The zero-order valence-electron chi connectivity index (χ0n) is 11.0. The average Bonchev–Trinajstić information content (AvgIpc) is 3.17. The summed E-state index contributed by atoms with van der Waals surface area (Å²) in [7, 11) is -2.64. The molecule has 2 heterocycles. The highest BCUT2D eigenvalue weighted by Gasteiger charge is 2.24. The van der Waals surface area contributed by atoms with Gasteiger partial charge in [-0.1, -0.05) is 18.2 Å². The number of nitrogens with zero attached hydrogens (tertiary/aromatic N) is 2. The van der Waals surface area contributed by atoms with Crippen LogP contribution in [0.3, 0.4) is 0 Å². The Hall–Kier alpha value is -2.63. The Morgan fingerprint density at radius 3 is 2.57 bits per heavy atom. The van der Waals surface area contributed by atoms with Crippen molar-refractivity contribution in [3.63, 3.8) is 0 Å². The van der Waals surface area contributed by atoms with Crippen LogP contribution in [0, 0.1) is 0 Å². The van der Waals surface area contributed by atoms with Crippen LogP contribution in [0.15, 0.2) is 71.5 Å². The molecule has 0 bridgehead atoms. The van der Waals surface area contributed by atoms with Crippen molar-refractivity contribution in [2.24, 2.45) is 4.99 Å². The summed E-state index contributed by atoms with van der Waals surface area (Å²) in [4.78, 5) is 4.15. The predicted molar refractivity (Wildman–Crippen MR) is 79.4 cm³/mol. The van der Waals surface area contributed by atoms with Crippen molar-refractivity contribution in [1.82, 2.24) is 4.48 Å². The normalized spacial score (nSPS) is 15.3. The summed E-state index contributed by atoms with van der Waals surface area (Å²) < 4.78 is 32.8. The first kappa shape index (κ1) is 13.4. The third-order valence-corrected chi connectivity index (χ3v) is 2.97. The molecule has 2 aromatic rings. The first-order chi connectivity index (χ1) is 10.3. The zero-order chi connectivity index (χ0) is 14.7. The summed E-state index contributed by atoms with van der Waals surface area (Å²) in [5.74, 6) is 0.869. The minimum Gasteiger partial charge on any atom is -0.453 e. The largest absolute Gasteiger partial charge is 0.677 e. The first-order valence-electron chi connectivity index (χ1n) is 6.39. The molecule has 3 rings (SSSR count). The molecule has 0 unspecified atom stereocenters. The molecule has 1 aromatic carbocycles. The van der Waals surface area contributed by atoms with Crippen LogP contribution in [-0.4, -0.2) is 18.1 Å². The molecular weight excluding hydrogens is 273 g/mol. The van der Waals surface area contributed by atoms with Gasteiger partial charge in [-0.25, -0.2) is 0 Å². The second-order valence-electron chi connectivity index (χ2n) is 4.35. The van der Waals surface area contributed by atoms with Crippen molar-refractivity contribution in [1.29, 1.82) is 0 Å². The number of aromatic nitrogens is 1. The summed E-state index contributed by atoms with van der Waals surface area (Å²) in [5.41, 5.74) is 0.798. The van der Waals surface area contributed by atoms with Gasteiger partial charge in [0.25, 0.3) is 0 Å². The van der Waals surface area contributed by atoms with E-state index in [0.717, 1.165) is 4.48 Å². The van der Waals surface area contributed by atoms with E-state index in [2.05, 4.69) is 4.99 Å². The minimum atomic E-state index is -2.64. The van der Waals surface area contributed by atoms with Gasteiger partial charge in [0.2, 0.25) is 0 Å². The van der Waals surface area contributed by atoms with E-state index in [0.29, 0.717) is 17.2 Å². The van der Waals surface area contributed by atoms with E-state index in [4.69, 9.17) is 4.74 Å². The summed E-state index contributed by atoms with van der Waals surface area (Å²) in [5, 5.41) is 0. The highest BCUT2D eigenvalue weighted by molar-refractivity contribution is 6.41. The Kier molecular flexibility index (Phi) is 3.68. The maximum atomic E-state index is 13.1. The second-order valence-corrected chi connectivity index (χ2v) is 4.35. The van der Waals surface area contributed by atoms with Crippen LogP contribution in [-0.2, 0) is 0 Å². The van der Waals surface area contributed by atoms with Crippen molar-refractivity contribution in [2.45, 2.75) is 0 Å². The minimum absolute atomic E-state index is 0.285. The molecule has 1 aliphatic rings. The molecule has 0 saturated heterocycles. The number of aliphatic imine (C=N–C) groups is 1. The van der Waals surface area contributed by atoms with Gasteiger partial charge in [-0.2, -0.15) is 0 Å². The lowest BCUT2D eigenvalue weighted by molar-refractivity contribution is 0.504. The van der Waals surface area contributed by atoms with Gasteiger partial charge < -0.3 is 9.21 Å². The maximum absolute atomic E-state index is 13.1. The standard InChI is InChI=1S/C15H11BF2N2O/c17-16(18)20-11-5-9-14(20)15(13-8-4-10-19-13)21-12-6-2-1-3-7-12/h1-11H/b15-13+. The smallest absolute Gasteiger partial charge is 0.453 e. The van der Waals surface area contributed by atoms with Crippen molar-refractivity contribution in [2.75, 3.05) is 0 Å². The molecule has 0 fully saturated rings. The van der Waals surface area contributed by atoms with Crippen molar-refractivity contribution in [3.8, 4) is 5.75 Å². The fraction of sp³-hybridized carbons (Fsp3) is 0. The van der Waals surface area contributed by atoms with Gasteiger partial charge in [-0.15, -0.1) is 0 Å². The molecule has 0 radical (unpaired) electrons. The Morgan fingerprint density at radius 2 is 1.90 bits per heavy atom. The molecule has 0 atom stereocenters. The zero-order valence-corrected chi connectivity index (χ0v) is 11.0. The van der Waals surface area contributed by atoms with E-state index in [1.807, 2.05) is 18.2 Å². The van der Waals surface area contributed by atoms with E-state index in [9.17, 15) is 8.63 Å². The third kappa shape index (κ3) is 2.79. The quantitative estimate of drug-likeness (QED) is 0.621. The molecule has 1 aromatic heterocycles. The van der Waals surface area contributed by atoms with E-state index < -0.39 is 7.40 Å². The number of halogens is 2. The van der Waals surface area contributed by atoms with E-state index in [1.54, 1.807) is 42.6 Å². The summed E-state index contributed by atoms with van der Waals surface area (Å²) in [6.07, 6.45) is 6.37. The molecule has 21 heavy (non-hydrogen) atoms. The molecule has 6 heteroatoms. The van der Waals surface area contributed by atoms with E-state index in [-0.39, 0.29) is 5.69 Å². The molecule has 0 aliphatic carbocycles. The Morgan fingerprint density at radius 1 is 1.10 bits per heavy atom. The number of rotatable bonds is 4. The molecule has 104 valence electrons. The molecule has 0 amide bonds. The number of hydrogen-bond donors (Lipinski definition) is 0. The van der Waals surface area contributed by atoms with Gasteiger partial charge in [-0.05, 0) is 42.6 Å². The molecule has 0 N–H and O–H groups in total. The summed E-state index contributed by atoms with van der Waals surface area (Å²) in [6.45, 7) is 0. The van der Waals surface area contributed by atoms with Gasteiger partial charge in [0, 0.05) is 6.21 Å². The van der Waals surface area contributed by atoms with Crippen LogP contribution in [0.1, 0.15) is 5.69 Å². The summed E-state index contributed by atoms with van der Waals surface area (Å²) in [6, 6.07) is 12.2. The second kappa shape index (κ2) is 5.79. The number of benzene rings is 1. The first-order valence-corrected chi connectivity index (χ1v) is 6.39. The van der Waals surface area contributed by atoms with Gasteiger partial charge >= 0.3 is 7.40 Å². The highest BCUT2D eigenvalue weighted by atomic mass is 19.2. The van der Waals surface area contributed by atoms with Crippen molar-refractivity contribution < 1.29 is 13.4 Å². The topological polar surface area (TPSA) is 26.5 Å². The number of para-hydroxylation sites is 1. The monoisotopic (exact) mass is 284 g/mol. The number of ether oxygens (including phenoxy) is 1. The fourth-order valence-electron chi connectivity index (χ4n) is 2.03. The lowest BCUT2D eigenvalue weighted by atomic mass is 10.2. The Balaban J connectivity index is 2.06. The maximum Gasteiger partial charge on any atom is 0.677 e. The fourth-order valence-corrected chi connectivity index (χ4v) is 2.03. The molecule has 0 spiro atoms. The van der Waals surface area contributed by atoms with E-state index in [1.165, 1.54) is 6.20 Å². The third-order valence-electron chi connectivity index (χ3n) is 2.97. The number of hydrogen-bond acceptors (Lipinski definition) is 2. The average molecular weight is 284 g/mol. The van der Waals surface area contributed by atoms with Crippen LogP contribution in [0.5, 0.6) is 5.75 Å². The van der Waals surface area contributed by atoms with E-state index >= 15 is 0 Å². The van der Waals surface area contributed by atoms with Gasteiger partial charge in [0.05, 0.1) is 5.69 Å². The van der Waals surface area contributed by atoms with Crippen LogP contribution < -0.4 is 4.74 Å². The van der Waals surface area contributed by atoms with Crippen molar-refractivity contribution in [3.05, 3.63) is 72.2 Å². The number of allylic oxidation sites excluding steroid dienone is 2. The lowest BCUT2D eigenvalue weighted by Gasteiger charge is -2.13. The Labute approximate surface area is 121 Å². The molecule has 1 aliphatic heterocycles. The SMILES string of the molecule is FB(F)n1cccc1/C(Oc1ccccc1)=C1/C=CC=N1. The lowest BCUT2D eigenvalue weighted by Crippen LogP contribution is -2.16. The van der Waals surface area contributed by atoms with Crippen LogP contribution >= 0.6 is 0 Å². The van der Waals surface area contributed by atoms with Crippen molar-refractivity contribution >= 4 is 19.4 Å². The predicted octanol–water partition coefficient (Wildman–Crippen LogP) is 3.65. The molecular formula is C15H11BF2N2O. The van der Waals surface area contributed by atoms with Gasteiger partial charge in [-0.3, -0.25) is 13.6 Å². The summed E-state index contributed by atoms with van der Waals surface area (Å²) >= 11 is 0. The van der Waals surface area contributed by atoms with Crippen LogP contribution in [0.2, 0.25) is 0 Å². The molecule has 0 saturated carbocycles.